The van der Waals surface area contributed by atoms with Gasteiger partial charge in [-0.15, -0.1) is 0 Å². The Morgan fingerprint density at radius 1 is 1.25 bits per heavy atom. The van der Waals surface area contributed by atoms with E-state index in [1.165, 1.54) is 0 Å². The Morgan fingerprint density at radius 3 is 2.72 bits per heavy atom. The van der Waals surface area contributed by atoms with E-state index in [0.29, 0.717) is 28.9 Å². The van der Waals surface area contributed by atoms with Crippen LogP contribution in [0.2, 0.25) is 0 Å². The number of Topliss-reactive ketones (excluding diaryl/α,β-unsaturated/α-hetero) is 1. The molecule has 2 aromatic rings. The standard InChI is InChI=1S/C26H31N3O3/c1-6-7-12-29(5)25(32)16-8-9-19-17(13-16)18(24(31)28-19)14-21-15(2)22-20(27-21)10-11-26(3,4)23(22)30/h8-9,13-14,27H,6-7,10-12H2,1-5H3,(H,28,31). The largest absolute Gasteiger partial charge is 0.358 e. The summed E-state index contributed by atoms with van der Waals surface area (Å²) >= 11 is 0. The van der Waals surface area contributed by atoms with Gasteiger partial charge < -0.3 is 15.2 Å². The fraction of sp³-hybridized carbons (Fsp3) is 0.423. The molecule has 0 bridgehead atoms. The highest BCUT2D eigenvalue weighted by Gasteiger charge is 2.37. The van der Waals surface area contributed by atoms with Gasteiger partial charge in [0.1, 0.15) is 0 Å². The topological polar surface area (TPSA) is 82.3 Å². The van der Waals surface area contributed by atoms with E-state index in [4.69, 9.17) is 0 Å². The van der Waals surface area contributed by atoms with Crippen molar-refractivity contribution < 1.29 is 14.4 Å². The summed E-state index contributed by atoms with van der Waals surface area (Å²) in [4.78, 5) is 43.7. The normalized spacial score (nSPS) is 17.8. The molecule has 0 saturated heterocycles. The molecule has 0 atom stereocenters. The molecule has 0 fully saturated rings. The van der Waals surface area contributed by atoms with Gasteiger partial charge in [-0.3, -0.25) is 14.4 Å². The minimum absolute atomic E-state index is 0.0562. The maximum Gasteiger partial charge on any atom is 0.256 e. The molecule has 2 heterocycles. The number of ketones is 1. The number of hydrogen-bond donors (Lipinski definition) is 2. The van der Waals surface area contributed by atoms with Crippen molar-refractivity contribution in [1.29, 1.82) is 0 Å². The SMILES string of the molecule is CCCCN(C)C(=O)c1ccc2c(c1)C(=Cc1[nH]c3c(c1C)C(=O)C(C)(C)CC3)C(=O)N2. The molecule has 0 spiro atoms. The lowest BCUT2D eigenvalue weighted by molar-refractivity contribution is -0.110. The number of unbranched alkanes of at least 4 members (excludes halogenated alkanes) is 1. The fourth-order valence-corrected chi connectivity index (χ4v) is 4.53. The maximum absolute atomic E-state index is 13.0. The molecule has 2 N–H and O–H groups in total. The van der Waals surface area contributed by atoms with Gasteiger partial charge in [-0.1, -0.05) is 27.2 Å². The van der Waals surface area contributed by atoms with Gasteiger partial charge in [-0.2, -0.15) is 0 Å². The van der Waals surface area contributed by atoms with E-state index in [9.17, 15) is 14.4 Å². The van der Waals surface area contributed by atoms with Gasteiger partial charge in [0, 0.05) is 52.8 Å². The number of rotatable bonds is 5. The van der Waals surface area contributed by atoms with Crippen LogP contribution in [0.5, 0.6) is 0 Å². The molecule has 1 aliphatic carbocycles. The van der Waals surface area contributed by atoms with Crippen LogP contribution in [-0.2, 0) is 11.2 Å². The van der Waals surface area contributed by atoms with Crippen LogP contribution in [-0.4, -0.2) is 41.1 Å². The average molecular weight is 434 g/mol. The van der Waals surface area contributed by atoms with Crippen LogP contribution in [0.15, 0.2) is 18.2 Å². The number of nitrogens with zero attached hydrogens (tertiary/aromatic N) is 1. The van der Waals surface area contributed by atoms with E-state index in [0.717, 1.165) is 48.2 Å². The molecule has 1 aromatic carbocycles. The second kappa shape index (κ2) is 8.08. The van der Waals surface area contributed by atoms with Crippen LogP contribution < -0.4 is 5.32 Å². The Labute approximate surface area is 189 Å². The molecule has 1 aliphatic heterocycles. The third-order valence-electron chi connectivity index (χ3n) is 6.74. The molecule has 2 amide bonds. The van der Waals surface area contributed by atoms with Crippen LogP contribution in [0.4, 0.5) is 5.69 Å². The van der Waals surface area contributed by atoms with Crippen LogP contribution in [0.3, 0.4) is 0 Å². The predicted molar refractivity (Wildman–Crippen MR) is 127 cm³/mol. The highest BCUT2D eigenvalue weighted by Crippen LogP contribution is 2.39. The van der Waals surface area contributed by atoms with Gasteiger partial charge in [-0.25, -0.2) is 0 Å². The summed E-state index contributed by atoms with van der Waals surface area (Å²) in [5.74, 6) is -0.113. The molecule has 1 aromatic heterocycles. The minimum atomic E-state index is -0.374. The number of fused-ring (bicyclic) bond motifs is 2. The van der Waals surface area contributed by atoms with Crippen molar-refractivity contribution >= 4 is 34.9 Å². The lowest BCUT2D eigenvalue weighted by Gasteiger charge is -2.28. The van der Waals surface area contributed by atoms with E-state index in [1.54, 1.807) is 30.1 Å². The van der Waals surface area contributed by atoms with Crippen molar-refractivity contribution in [3.63, 3.8) is 0 Å². The number of hydrogen-bond acceptors (Lipinski definition) is 3. The number of nitrogens with one attached hydrogen (secondary N) is 2. The second-order valence-corrected chi connectivity index (χ2v) is 9.58. The third kappa shape index (κ3) is 3.68. The number of aromatic nitrogens is 1. The Balaban J connectivity index is 1.71. The molecular weight excluding hydrogens is 402 g/mol. The number of carbonyl (C=O) groups is 3. The van der Waals surface area contributed by atoms with Gasteiger partial charge in [0.05, 0.1) is 5.57 Å². The molecule has 4 rings (SSSR count). The molecule has 0 saturated carbocycles. The lowest BCUT2D eigenvalue weighted by atomic mass is 9.74. The van der Waals surface area contributed by atoms with Crippen LogP contribution in [0.25, 0.3) is 11.6 Å². The summed E-state index contributed by atoms with van der Waals surface area (Å²) in [7, 11) is 1.80. The lowest BCUT2D eigenvalue weighted by Crippen LogP contribution is -2.30. The predicted octanol–water partition coefficient (Wildman–Crippen LogP) is 4.84. The Kier molecular flexibility index (Phi) is 5.57. The zero-order valence-electron chi connectivity index (χ0n) is 19.5. The van der Waals surface area contributed by atoms with Gasteiger partial charge in [0.15, 0.2) is 5.78 Å². The number of anilines is 1. The van der Waals surface area contributed by atoms with Gasteiger partial charge >= 0.3 is 0 Å². The van der Waals surface area contributed by atoms with Crippen molar-refractivity contribution in [2.45, 2.75) is 53.4 Å². The molecular formula is C26H31N3O3. The molecule has 2 aliphatic rings. The molecule has 0 unspecified atom stereocenters. The molecule has 0 radical (unpaired) electrons. The van der Waals surface area contributed by atoms with Gasteiger partial charge in [0.25, 0.3) is 11.8 Å². The monoisotopic (exact) mass is 433 g/mol. The zero-order chi connectivity index (χ0) is 23.2. The Morgan fingerprint density at radius 2 is 2.00 bits per heavy atom. The van der Waals surface area contributed by atoms with E-state index in [2.05, 4.69) is 17.2 Å². The summed E-state index contributed by atoms with van der Waals surface area (Å²) in [6.45, 7) is 8.69. The van der Waals surface area contributed by atoms with E-state index in [1.807, 2.05) is 26.8 Å². The van der Waals surface area contributed by atoms with E-state index >= 15 is 0 Å². The zero-order valence-corrected chi connectivity index (χ0v) is 19.5. The van der Waals surface area contributed by atoms with Crippen molar-refractivity contribution in [3.8, 4) is 0 Å². The number of aromatic amines is 1. The number of H-pyrrole nitrogens is 1. The Bertz CT molecular complexity index is 1150. The first-order chi connectivity index (χ1) is 15.1. The second-order valence-electron chi connectivity index (χ2n) is 9.58. The molecule has 32 heavy (non-hydrogen) atoms. The first-order valence-corrected chi connectivity index (χ1v) is 11.3. The van der Waals surface area contributed by atoms with E-state index in [-0.39, 0.29) is 23.0 Å². The van der Waals surface area contributed by atoms with Crippen LogP contribution in [0.1, 0.15) is 83.3 Å². The summed E-state index contributed by atoms with van der Waals surface area (Å²) in [5, 5.41) is 2.89. The number of aryl methyl sites for hydroxylation is 1. The summed E-state index contributed by atoms with van der Waals surface area (Å²) in [6.07, 6.45) is 5.39. The van der Waals surface area contributed by atoms with E-state index < -0.39 is 0 Å². The fourth-order valence-electron chi connectivity index (χ4n) is 4.53. The third-order valence-corrected chi connectivity index (χ3v) is 6.74. The van der Waals surface area contributed by atoms with Crippen molar-refractivity contribution in [3.05, 3.63) is 51.8 Å². The van der Waals surface area contributed by atoms with Gasteiger partial charge in [-0.05, 0) is 56.0 Å². The first-order valence-electron chi connectivity index (χ1n) is 11.3. The average Bonchev–Trinajstić information content (AvgIpc) is 3.25. The van der Waals surface area contributed by atoms with Gasteiger partial charge in [0.2, 0.25) is 0 Å². The minimum Gasteiger partial charge on any atom is -0.358 e. The maximum atomic E-state index is 13.0. The number of carbonyl (C=O) groups excluding carboxylic acids is 3. The molecule has 168 valence electrons. The molecule has 6 nitrogen and oxygen atoms in total. The molecule has 6 heteroatoms. The smallest absolute Gasteiger partial charge is 0.256 e. The highest BCUT2D eigenvalue weighted by molar-refractivity contribution is 6.35. The first kappa shape index (κ1) is 22.1. The quantitative estimate of drug-likeness (QED) is 0.662. The van der Waals surface area contributed by atoms with Crippen molar-refractivity contribution in [1.82, 2.24) is 9.88 Å². The Hall–Kier alpha value is -3.15. The number of benzene rings is 1. The van der Waals surface area contributed by atoms with Crippen molar-refractivity contribution in [2.75, 3.05) is 18.9 Å². The number of amides is 2. The highest BCUT2D eigenvalue weighted by atomic mass is 16.2. The summed E-state index contributed by atoms with van der Waals surface area (Å²) < 4.78 is 0. The van der Waals surface area contributed by atoms with Crippen LogP contribution >= 0.6 is 0 Å². The van der Waals surface area contributed by atoms with Crippen molar-refractivity contribution in [2.24, 2.45) is 5.41 Å². The summed E-state index contributed by atoms with van der Waals surface area (Å²) in [6, 6.07) is 5.33. The van der Waals surface area contributed by atoms with Crippen LogP contribution in [0, 0.1) is 12.3 Å². The summed E-state index contributed by atoms with van der Waals surface area (Å²) in [5.41, 5.74) is 5.44.